The summed E-state index contributed by atoms with van der Waals surface area (Å²) in [6.07, 6.45) is 10.5. The van der Waals surface area contributed by atoms with Crippen molar-refractivity contribution in [1.29, 1.82) is 0 Å². The Balaban J connectivity index is 1.33. The fourth-order valence-electron chi connectivity index (χ4n) is 10.8. The monoisotopic (exact) mass is 720 g/mol. The predicted octanol–water partition coefficient (Wildman–Crippen LogP) is 6.67. The van der Waals surface area contributed by atoms with E-state index >= 15 is 0 Å². The molecule has 254 valence electrons. The number of carbonyl (C=O) groups is 3. The second-order valence-electron chi connectivity index (χ2n) is 15.4. The number of hydrogen-bond donors (Lipinski definition) is 1. The average Bonchev–Trinajstić information content (AvgIpc) is 3.71. The Morgan fingerprint density at radius 3 is 2.48 bits per heavy atom. The van der Waals surface area contributed by atoms with Crippen LogP contribution in [0.5, 0.6) is 0 Å². The zero-order chi connectivity index (χ0) is 33.2. The van der Waals surface area contributed by atoms with E-state index in [9.17, 15) is 19.5 Å². The van der Waals surface area contributed by atoms with Crippen LogP contribution in [0.1, 0.15) is 104 Å². The first-order valence-electron chi connectivity index (χ1n) is 17.4. The lowest BCUT2D eigenvalue weighted by molar-refractivity contribution is -0.204. The van der Waals surface area contributed by atoms with Gasteiger partial charge >= 0.3 is 11.9 Å². The normalized spacial score (nSPS) is 41.1. The summed E-state index contributed by atoms with van der Waals surface area (Å²) < 4.78 is 13.7. The largest absolute Gasteiger partial charge is 0.457 e. The fourth-order valence-corrected chi connectivity index (χ4v) is 11.9. The van der Waals surface area contributed by atoms with Gasteiger partial charge in [0.25, 0.3) is 0 Å². The third-order valence-electron chi connectivity index (χ3n) is 13.1. The fraction of sp³-hybridized carbons (Fsp3) is 0.778. The molecule has 1 N–H and O–H groups in total. The molecular formula is C36H50BrClN2O6. The number of aliphatic hydroxyl groups is 1. The van der Waals surface area contributed by atoms with Gasteiger partial charge in [-0.3, -0.25) is 19.1 Å². The van der Waals surface area contributed by atoms with Crippen LogP contribution in [-0.2, 0) is 36.8 Å². The number of nitrogens with zero attached hydrogens (tertiary/aromatic N) is 2. The number of halogens is 2. The summed E-state index contributed by atoms with van der Waals surface area (Å²) >= 11 is 11.6. The third kappa shape index (κ3) is 4.90. The number of ether oxygens (including phenoxy) is 2. The second-order valence-corrected chi connectivity index (χ2v) is 16.7. The van der Waals surface area contributed by atoms with E-state index in [4.69, 9.17) is 26.2 Å². The maximum atomic E-state index is 14.2. The lowest BCUT2D eigenvalue weighted by Gasteiger charge is -2.65. The maximum Gasteiger partial charge on any atom is 0.306 e. The maximum absolute atomic E-state index is 14.2. The van der Waals surface area contributed by atoms with Gasteiger partial charge in [0.15, 0.2) is 12.2 Å². The smallest absolute Gasteiger partial charge is 0.306 e. The van der Waals surface area contributed by atoms with E-state index in [1.165, 1.54) is 36.1 Å². The third-order valence-corrected chi connectivity index (χ3v) is 15.0. The minimum atomic E-state index is -1.52. The Kier molecular flexibility index (Phi) is 9.15. The van der Waals surface area contributed by atoms with Gasteiger partial charge < -0.3 is 14.6 Å². The van der Waals surface area contributed by atoms with Gasteiger partial charge in [-0.15, -0.1) is 11.6 Å². The highest BCUT2D eigenvalue weighted by atomic mass is 79.9. The van der Waals surface area contributed by atoms with Gasteiger partial charge in [0.2, 0.25) is 5.78 Å². The number of ketones is 1. The van der Waals surface area contributed by atoms with Crippen molar-refractivity contribution in [3.63, 3.8) is 0 Å². The van der Waals surface area contributed by atoms with Gasteiger partial charge in [-0.25, -0.2) is 0 Å². The Labute approximate surface area is 286 Å². The number of carbonyl (C=O) groups excluding carboxylic acids is 3. The number of rotatable bonds is 9. The number of alkyl halides is 2. The first-order chi connectivity index (χ1) is 21.8. The summed E-state index contributed by atoms with van der Waals surface area (Å²) in [5.41, 5.74) is 0.688. The zero-order valence-electron chi connectivity index (χ0n) is 28.0. The SMILES string of the molecule is CCC(=O)OCC(=O)[C@@]1(OC(=O)CC)[C@@H](C)C[C@H]2[C@@H]3CCC4=Cc5c(cnn5CC5CCC(CBr)C5)C[C@]4(C)[C@@]3(Cl)[C@@H](O)C[C@@]21C. The number of aliphatic hydroxyl groups excluding tert-OH is 1. The number of hydrogen-bond acceptors (Lipinski definition) is 7. The molecule has 0 spiro atoms. The van der Waals surface area contributed by atoms with Gasteiger partial charge in [0.05, 0.1) is 22.9 Å². The highest BCUT2D eigenvalue weighted by molar-refractivity contribution is 9.09. The molecule has 0 bridgehead atoms. The summed E-state index contributed by atoms with van der Waals surface area (Å²) in [5, 5.41) is 18.2. The first kappa shape index (κ1) is 34.2. The van der Waals surface area contributed by atoms with Crippen molar-refractivity contribution in [2.45, 2.75) is 122 Å². The molecule has 1 heterocycles. The molecule has 0 aliphatic heterocycles. The van der Waals surface area contributed by atoms with Crippen LogP contribution in [0.4, 0.5) is 0 Å². The Morgan fingerprint density at radius 1 is 1.09 bits per heavy atom. The minimum Gasteiger partial charge on any atom is -0.457 e. The van der Waals surface area contributed by atoms with E-state index in [1.54, 1.807) is 13.8 Å². The summed E-state index contributed by atoms with van der Waals surface area (Å²) in [6, 6.07) is 0. The topological polar surface area (TPSA) is 108 Å². The van der Waals surface area contributed by atoms with E-state index in [0.717, 1.165) is 30.6 Å². The molecule has 5 aliphatic rings. The molecule has 1 aromatic heterocycles. The first-order valence-corrected chi connectivity index (χ1v) is 18.9. The van der Waals surface area contributed by atoms with Crippen molar-refractivity contribution in [3.8, 4) is 0 Å². The Hall–Kier alpha value is -1.71. The predicted molar refractivity (Wildman–Crippen MR) is 179 cm³/mol. The van der Waals surface area contributed by atoms with Crippen molar-refractivity contribution in [3.05, 3.63) is 23.0 Å². The van der Waals surface area contributed by atoms with Crippen LogP contribution >= 0.6 is 27.5 Å². The van der Waals surface area contributed by atoms with E-state index < -0.39 is 51.7 Å². The van der Waals surface area contributed by atoms with Crippen LogP contribution in [0.3, 0.4) is 0 Å². The van der Waals surface area contributed by atoms with E-state index in [0.29, 0.717) is 18.8 Å². The molecule has 2 unspecified atom stereocenters. The van der Waals surface area contributed by atoms with Crippen LogP contribution in [0.15, 0.2) is 11.8 Å². The molecule has 4 fully saturated rings. The minimum absolute atomic E-state index is 0.0777. The second kappa shape index (κ2) is 12.3. The van der Waals surface area contributed by atoms with Crippen LogP contribution < -0.4 is 0 Å². The van der Waals surface area contributed by atoms with E-state index in [2.05, 4.69) is 33.6 Å². The lowest BCUT2D eigenvalue weighted by atomic mass is 9.44. The van der Waals surface area contributed by atoms with Gasteiger partial charge in [0, 0.05) is 41.5 Å². The van der Waals surface area contributed by atoms with Crippen molar-refractivity contribution >= 4 is 51.3 Å². The summed E-state index contributed by atoms with van der Waals surface area (Å²) in [7, 11) is 0. The molecule has 10 atom stereocenters. The molecule has 0 amide bonds. The molecule has 10 heteroatoms. The van der Waals surface area contributed by atoms with Crippen LogP contribution in [0, 0.1) is 40.4 Å². The van der Waals surface area contributed by atoms with Crippen molar-refractivity contribution < 1.29 is 29.0 Å². The molecule has 0 saturated heterocycles. The van der Waals surface area contributed by atoms with Crippen molar-refractivity contribution in [2.75, 3.05) is 11.9 Å². The molecule has 5 aliphatic carbocycles. The zero-order valence-corrected chi connectivity index (χ0v) is 30.3. The molecule has 1 aromatic rings. The Bertz CT molecular complexity index is 1430. The number of esters is 2. The molecule has 6 rings (SSSR count). The van der Waals surface area contributed by atoms with Gasteiger partial charge in [0.1, 0.15) is 0 Å². The number of aromatic nitrogens is 2. The lowest BCUT2D eigenvalue weighted by Crippen LogP contribution is -2.70. The standard InChI is InChI=1S/C36H50BrClN2O6/c1-6-31(43)45-20-30(42)36(46-32(44)7-2)21(3)12-27-26-11-10-25-14-28-24(18-39-40(28)19-23-9-8-22(13-23)17-37)15-33(25,4)35(26,38)29(41)16-34(27,36)5/h14,18,21-23,26-27,29,41H,6-13,15-17,19-20H2,1-5H3/t21-,22?,23?,26-,27-,29-,33-,34-,35-,36-/m0/s1. The highest BCUT2D eigenvalue weighted by Gasteiger charge is 2.76. The van der Waals surface area contributed by atoms with Gasteiger partial charge in [-0.1, -0.05) is 56.1 Å². The molecule has 8 nitrogen and oxygen atoms in total. The van der Waals surface area contributed by atoms with Crippen LogP contribution in [-0.4, -0.2) is 61.1 Å². The highest BCUT2D eigenvalue weighted by Crippen LogP contribution is 2.72. The summed E-state index contributed by atoms with van der Waals surface area (Å²) in [5.74, 6) is -0.519. The van der Waals surface area contributed by atoms with Gasteiger partial charge in [-0.2, -0.15) is 5.10 Å². The van der Waals surface area contributed by atoms with Crippen molar-refractivity contribution in [1.82, 2.24) is 9.78 Å². The van der Waals surface area contributed by atoms with E-state index in [-0.39, 0.29) is 37.0 Å². The van der Waals surface area contributed by atoms with Gasteiger partial charge in [-0.05, 0) is 86.7 Å². The number of allylic oxidation sites excluding steroid dienone is 1. The number of fused-ring (bicyclic) bond motifs is 6. The average molecular weight is 722 g/mol. The van der Waals surface area contributed by atoms with Crippen LogP contribution in [0.25, 0.3) is 6.08 Å². The summed E-state index contributed by atoms with van der Waals surface area (Å²) in [4.78, 5) is 38.2. The quantitative estimate of drug-likeness (QED) is 0.224. The van der Waals surface area contributed by atoms with Crippen molar-refractivity contribution in [2.24, 2.45) is 40.4 Å². The molecular weight excluding hydrogens is 672 g/mol. The van der Waals surface area contributed by atoms with E-state index in [1.807, 2.05) is 20.0 Å². The number of Topliss-reactive ketones (excluding diaryl/α,β-unsaturated/α-hetero) is 1. The molecule has 0 aromatic carbocycles. The Morgan fingerprint density at radius 2 is 1.80 bits per heavy atom. The molecule has 4 saturated carbocycles. The molecule has 0 radical (unpaired) electrons. The van der Waals surface area contributed by atoms with Crippen LogP contribution in [0.2, 0.25) is 0 Å². The molecule has 46 heavy (non-hydrogen) atoms. The summed E-state index contributed by atoms with van der Waals surface area (Å²) in [6.45, 7) is 10.00.